The first-order chi connectivity index (χ1) is 12.5. The van der Waals surface area contributed by atoms with Gasteiger partial charge in [0.25, 0.3) is 0 Å². The fraction of sp³-hybridized carbons (Fsp3) is 0.286. The van der Waals surface area contributed by atoms with Gasteiger partial charge in [-0.15, -0.1) is 0 Å². The number of nitrogens with one attached hydrogen (secondary N) is 1. The second-order valence-corrected chi connectivity index (χ2v) is 6.44. The molecule has 1 amide bonds. The maximum Gasteiger partial charge on any atom is 0.326 e. The number of hydrogen-bond acceptors (Lipinski definition) is 3. The van der Waals surface area contributed by atoms with Crippen molar-refractivity contribution in [3.63, 3.8) is 0 Å². The first-order valence-corrected chi connectivity index (χ1v) is 8.76. The number of fused-ring (bicyclic) bond motifs is 3. The van der Waals surface area contributed by atoms with Gasteiger partial charge in [0.2, 0.25) is 5.91 Å². The highest BCUT2D eigenvalue weighted by atomic mass is 16.4. The SMILES string of the molecule is CCC(=O)CC[C@H](NC(=O)C1c2ccccc2-c2ccccc21)C(=O)O. The second kappa shape index (κ2) is 7.52. The zero-order chi connectivity index (χ0) is 18.7. The van der Waals surface area contributed by atoms with Crippen LogP contribution < -0.4 is 5.32 Å². The Hall–Kier alpha value is -2.95. The number of amides is 1. The summed E-state index contributed by atoms with van der Waals surface area (Å²) in [5.41, 5.74) is 3.74. The number of aliphatic carboxylic acids is 1. The van der Waals surface area contributed by atoms with Crippen molar-refractivity contribution in [2.24, 2.45) is 0 Å². The van der Waals surface area contributed by atoms with E-state index in [1.54, 1.807) is 6.92 Å². The minimum atomic E-state index is -1.12. The molecule has 1 atom stereocenters. The molecular weight excluding hydrogens is 330 g/mol. The summed E-state index contributed by atoms with van der Waals surface area (Å²) < 4.78 is 0. The Kier molecular flexibility index (Phi) is 5.16. The van der Waals surface area contributed by atoms with Crippen LogP contribution in [0.4, 0.5) is 0 Å². The number of rotatable bonds is 7. The largest absolute Gasteiger partial charge is 0.480 e. The number of carbonyl (C=O) groups is 3. The van der Waals surface area contributed by atoms with Crippen LogP contribution in [0.15, 0.2) is 48.5 Å². The molecule has 0 saturated heterocycles. The lowest BCUT2D eigenvalue weighted by atomic mass is 9.95. The third kappa shape index (κ3) is 3.38. The lowest BCUT2D eigenvalue weighted by molar-refractivity contribution is -0.142. The maximum absolute atomic E-state index is 12.9. The molecule has 2 N–H and O–H groups in total. The quantitative estimate of drug-likeness (QED) is 0.803. The van der Waals surface area contributed by atoms with Crippen LogP contribution in [-0.2, 0) is 14.4 Å². The number of ketones is 1. The van der Waals surface area contributed by atoms with Gasteiger partial charge in [-0.2, -0.15) is 0 Å². The van der Waals surface area contributed by atoms with Crippen molar-refractivity contribution in [1.82, 2.24) is 5.32 Å². The molecule has 0 heterocycles. The first kappa shape index (κ1) is 17.9. The molecule has 0 aromatic heterocycles. The van der Waals surface area contributed by atoms with Gasteiger partial charge in [-0.3, -0.25) is 9.59 Å². The van der Waals surface area contributed by atoms with E-state index in [1.165, 1.54) is 0 Å². The van der Waals surface area contributed by atoms with Gasteiger partial charge in [-0.25, -0.2) is 4.79 Å². The van der Waals surface area contributed by atoms with E-state index in [2.05, 4.69) is 5.32 Å². The van der Waals surface area contributed by atoms with Gasteiger partial charge in [-0.1, -0.05) is 55.5 Å². The van der Waals surface area contributed by atoms with Crippen molar-refractivity contribution in [3.8, 4) is 11.1 Å². The Morgan fingerprint density at radius 3 is 2.04 bits per heavy atom. The van der Waals surface area contributed by atoms with Gasteiger partial charge in [0, 0.05) is 12.8 Å². The normalized spacial score (nSPS) is 13.6. The van der Waals surface area contributed by atoms with Crippen molar-refractivity contribution in [2.75, 3.05) is 0 Å². The molecule has 5 heteroatoms. The molecule has 0 radical (unpaired) electrons. The highest BCUT2D eigenvalue weighted by Crippen LogP contribution is 2.44. The highest BCUT2D eigenvalue weighted by Gasteiger charge is 2.35. The molecule has 26 heavy (non-hydrogen) atoms. The third-order valence-electron chi connectivity index (χ3n) is 4.82. The van der Waals surface area contributed by atoms with E-state index in [-0.39, 0.29) is 24.5 Å². The summed E-state index contributed by atoms with van der Waals surface area (Å²) in [4.78, 5) is 36.0. The van der Waals surface area contributed by atoms with Crippen molar-refractivity contribution in [2.45, 2.75) is 38.1 Å². The molecule has 0 aliphatic heterocycles. The number of hydrogen-bond donors (Lipinski definition) is 2. The topological polar surface area (TPSA) is 83.5 Å². The van der Waals surface area contributed by atoms with Crippen molar-refractivity contribution in [3.05, 3.63) is 59.7 Å². The zero-order valence-corrected chi connectivity index (χ0v) is 14.6. The molecule has 0 bridgehead atoms. The molecule has 2 aromatic carbocycles. The van der Waals surface area contributed by atoms with Crippen LogP contribution in [0, 0.1) is 0 Å². The summed E-state index contributed by atoms with van der Waals surface area (Å²) >= 11 is 0. The fourth-order valence-electron chi connectivity index (χ4n) is 3.43. The van der Waals surface area contributed by atoms with E-state index >= 15 is 0 Å². The highest BCUT2D eigenvalue weighted by molar-refractivity contribution is 5.97. The number of carboxylic acids is 1. The Morgan fingerprint density at radius 2 is 1.54 bits per heavy atom. The van der Waals surface area contributed by atoms with Crippen LogP contribution in [0.2, 0.25) is 0 Å². The fourth-order valence-corrected chi connectivity index (χ4v) is 3.43. The monoisotopic (exact) mass is 351 g/mol. The summed E-state index contributed by atoms with van der Waals surface area (Å²) in [7, 11) is 0. The molecule has 134 valence electrons. The molecule has 0 unspecified atom stereocenters. The van der Waals surface area contributed by atoms with Crippen LogP contribution in [-0.4, -0.2) is 28.8 Å². The Labute approximate surface area is 152 Å². The summed E-state index contributed by atoms with van der Waals surface area (Å²) in [5, 5.41) is 12.0. The molecular formula is C21H21NO4. The lowest BCUT2D eigenvalue weighted by Gasteiger charge is -2.18. The molecule has 0 fully saturated rings. The zero-order valence-electron chi connectivity index (χ0n) is 14.6. The van der Waals surface area contributed by atoms with Gasteiger partial charge in [0.1, 0.15) is 11.8 Å². The predicted molar refractivity (Wildman–Crippen MR) is 97.8 cm³/mol. The molecule has 3 rings (SSSR count). The van der Waals surface area contributed by atoms with E-state index in [9.17, 15) is 19.5 Å². The van der Waals surface area contributed by atoms with Crippen molar-refractivity contribution >= 4 is 17.7 Å². The Morgan fingerprint density at radius 1 is 1.00 bits per heavy atom. The van der Waals surface area contributed by atoms with Gasteiger partial charge < -0.3 is 10.4 Å². The van der Waals surface area contributed by atoms with Crippen molar-refractivity contribution in [1.29, 1.82) is 0 Å². The summed E-state index contributed by atoms with van der Waals surface area (Å²) in [6, 6.07) is 14.3. The summed E-state index contributed by atoms with van der Waals surface area (Å²) in [6.45, 7) is 1.74. The predicted octanol–water partition coefficient (Wildman–Crippen LogP) is 3.13. The molecule has 1 aliphatic carbocycles. The van der Waals surface area contributed by atoms with Crippen LogP contribution in [0.1, 0.15) is 43.2 Å². The van der Waals surface area contributed by atoms with E-state index in [1.807, 2.05) is 48.5 Å². The van der Waals surface area contributed by atoms with Crippen LogP contribution in [0.25, 0.3) is 11.1 Å². The smallest absolute Gasteiger partial charge is 0.326 e. The van der Waals surface area contributed by atoms with Crippen molar-refractivity contribution < 1.29 is 19.5 Å². The van der Waals surface area contributed by atoms with E-state index in [0.29, 0.717) is 6.42 Å². The lowest BCUT2D eigenvalue weighted by Crippen LogP contribution is -2.43. The third-order valence-corrected chi connectivity index (χ3v) is 4.82. The Balaban J connectivity index is 1.85. The number of carbonyl (C=O) groups excluding carboxylic acids is 2. The average molecular weight is 351 g/mol. The summed E-state index contributed by atoms with van der Waals surface area (Å²) in [5.74, 6) is -2.02. The van der Waals surface area contributed by atoms with Gasteiger partial charge in [-0.05, 0) is 28.7 Å². The molecule has 2 aromatic rings. The first-order valence-electron chi connectivity index (χ1n) is 8.76. The van der Waals surface area contributed by atoms with Crippen LogP contribution >= 0.6 is 0 Å². The van der Waals surface area contributed by atoms with E-state index in [4.69, 9.17) is 0 Å². The van der Waals surface area contributed by atoms with E-state index < -0.39 is 17.9 Å². The minimum Gasteiger partial charge on any atom is -0.480 e. The molecule has 0 spiro atoms. The average Bonchev–Trinajstić information content (AvgIpc) is 2.99. The van der Waals surface area contributed by atoms with Gasteiger partial charge >= 0.3 is 5.97 Å². The molecule has 5 nitrogen and oxygen atoms in total. The number of benzene rings is 2. The van der Waals surface area contributed by atoms with Gasteiger partial charge in [0.15, 0.2) is 0 Å². The Bertz CT molecular complexity index is 813. The van der Waals surface area contributed by atoms with Crippen LogP contribution in [0.5, 0.6) is 0 Å². The van der Waals surface area contributed by atoms with Gasteiger partial charge in [0.05, 0.1) is 5.92 Å². The van der Waals surface area contributed by atoms with Crippen LogP contribution in [0.3, 0.4) is 0 Å². The maximum atomic E-state index is 12.9. The standard InChI is InChI=1S/C21H21NO4/c1-2-13(23)11-12-18(21(25)26)22-20(24)19-16-9-5-3-7-14(16)15-8-4-6-10-17(15)19/h3-10,18-19H,2,11-12H2,1H3,(H,22,24)(H,25,26)/t18-/m0/s1. The number of carboxylic acid groups (broad SMARTS) is 1. The number of Topliss-reactive ketones (excluding diaryl/α,β-unsaturated/α-hetero) is 1. The molecule has 1 aliphatic rings. The minimum absolute atomic E-state index is 0.0120. The van der Waals surface area contributed by atoms with E-state index in [0.717, 1.165) is 22.3 Å². The summed E-state index contributed by atoms with van der Waals surface area (Å²) in [6.07, 6.45) is 0.610. The second-order valence-electron chi connectivity index (χ2n) is 6.44. The molecule has 0 saturated carbocycles.